The van der Waals surface area contributed by atoms with Crippen LogP contribution in [0.15, 0.2) is 34.0 Å². The minimum Gasteiger partial charge on any atom is -0.445 e. The summed E-state index contributed by atoms with van der Waals surface area (Å²) in [7, 11) is -3.72. The molecular weight excluding hydrogens is 270 g/mol. The molecule has 19 heavy (non-hydrogen) atoms. The normalized spacial score (nSPS) is 11.7. The highest BCUT2D eigenvalue weighted by Crippen LogP contribution is 2.08. The number of nitrogens with one attached hydrogen (secondary N) is 1. The summed E-state index contributed by atoms with van der Waals surface area (Å²) in [4.78, 5) is 7.67. The van der Waals surface area contributed by atoms with E-state index in [-0.39, 0.29) is 24.1 Å². The number of hydrogen-bond acceptors (Lipinski definition) is 6. The van der Waals surface area contributed by atoms with E-state index in [1.165, 1.54) is 24.5 Å². The largest absolute Gasteiger partial charge is 0.445 e. The van der Waals surface area contributed by atoms with Gasteiger partial charge in [-0.2, -0.15) is 0 Å². The zero-order chi connectivity index (χ0) is 13.9. The molecule has 0 unspecified atom stereocenters. The summed E-state index contributed by atoms with van der Waals surface area (Å²) < 4.78 is 31.3. The molecule has 0 aliphatic rings. The SMILES string of the molecule is Cc1cnc(CNS(=O)(=O)c2ccc(CO)cn2)o1. The fourth-order valence-corrected chi connectivity index (χ4v) is 2.28. The minimum atomic E-state index is -3.72. The number of aliphatic hydroxyl groups excluding tert-OH is 1. The Balaban J connectivity index is 2.09. The maximum Gasteiger partial charge on any atom is 0.258 e. The van der Waals surface area contributed by atoms with Gasteiger partial charge < -0.3 is 9.52 Å². The third-order valence-electron chi connectivity index (χ3n) is 2.34. The van der Waals surface area contributed by atoms with Crippen LogP contribution in [0.3, 0.4) is 0 Å². The van der Waals surface area contributed by atoms with E-state index >= 15 is 0 Å². The van der Waals surface area contributed by atoms with E-state index in [4.69, 9.17) is 9.52 Å². The van der Waals surface area contributed by atoms with Gasteiger partial charge in [0.15, 0.2) is 5.03 Å². The Morgan fingerprint density at radius 2 is 2.11 bits per heavy atom. The molecule has 0 spiro atoms. The number of sulfonamides is 1. The second kappa shape index (κ2) is 5.47. The maximum atomic E-state index is 11.9. The molecule has 2 rings (SSSR count). The molecule has 8 heteroatoms. The van der Waals surface area contributed by atoms with Gasteiger partial charge in [-0.3, -0.25) is 0 Å². The predicted octanol–water partition coefficient (Wildman–Crippen LogP) is 0.349. The summed E-state index contributed by atoms with van der Waals surface area (Å²) in [6.45, 7) is 1.50. The molecule has 0 amide bonds. The number of aliphatic hydroxyl groups is 1. The van der Waals surface area contributed by atoms with Crippen LogP contribution in [0, 0.1) is 6.92 Å². The lowest BCUT2D eigenvalue weighted by Crippen LogP contribution is -2.24. The molecule has 0 saturated carbocycles. The van der Waals surface area contributed by atoms with Crippen LogP contribution in [-0.4, -0.2) is 23.5 Å². The van der Waals surface area contributed by atoms with Crippen molar-refractivity contribution in [2.45, 2.75) is 25.1 Å². The monoisotopic (exact) mass is 283 g/mol. The van der Waals surface area contributed by atoms with Crippen LogP contribution in [0.2, 0.25) is 0 Å². The van der Waals surface area contributed by atoms with Gasteiger partial charge in [-0.25, -0.2) is 23.1 Å². The highest BCUT2D eigenvalue weighted by molar-refractivity contribution is 7.89. The molecule has 2 aromatic rings. The zero-order valence-corrected chi connectivity index (χ0v) is 11.0. The average Bonchev–Trinajstić information content (AvgIpc) is 2.82. The first-order valence-corrected chi connectivity index (χ1v) is 6.96. The second-order valence-corrected chi connectivity index (χ2v) is 5.57. The lowest BCUT2D eigenvalue weighted by atomic mass is 10.3. The van der Waals surface area contributed by atoms with E-state index in [9.17, 15) is 8.42 Å². The Hall–Kier alpha value is -1.77. The molecule has 2 aromatic heterocycles. The molecule has 0 radical (unpaired) electrons. The lowest BCUT2D eigenvalue weighted by Gasteiger charge is -2.04. The average molecular weight is 283 g/mol. The Morgan fingerprint density at radius 3 is 2.63 bits per heavy atom. The molecule has 2 heterocycles. The Morgan fingerprint density at radius 1 is 1.32 bits per heavy atom. The molecule has 0 aliphatic carbocycles. The van der Waals surface area contributed by atoms with Gasteiger partial charge in [0.2, 0.25) is 5.89 Å². The first-order chi connectivity index (χ1) is 9.01. The van der Waals surface area contributed by atoms with E-state index in [0.717, 1.165) is 0 Å². The topological polar surface area (TPSA) is 105 Å². The fourth-order valence-electron chi connectivity index (χ4n) is 1.38. The van der Waals surface area contributed by atoms with Crippen molar-refractivity contribution in [3.8, 4) is 0 Å². The molecule has 7 nitrogen and oxygen atoms in total. The molecule has 2 N–H and O–H groups in total. The van der Waals surface area contributed by atoms with E-state index in [0.29, 0.717) is 11.3 Å². The summed E-state index contributed by atoms with van der Waals surface area (Å²) in [5.41, 5.74) is 0.544. The standard InChI is InChI=1S/C11H13N3O4S/c1-8-4-12-10(18-8)6-14-19(16,17)11-3-2-9(7-15)5-13-11/h2-5,14-15H,6-7H2,1H3. The summed E-state index contributed by atoms with van der Waals surface area (Å²) >= 11 is 0. The van der Waals surface area contributed by atoms with Crippen molar-refractivity contribution < 1.29 is 17.9 Å². The Labute approximate surface area is 110 Å². The Bertz CT molecular complexity index is 649. The van der Waals surface area contributed by atoms with Gasteiger partial charge in [0.05, 0.1) is 19.3 Å². The van der Waals surface area contributed by atoms with Crippen molar-refractivity contribution in [3.63, 3.8) is 0 Å². The molecule has 0 atom stereocenters. The van der Waals surface area contributed by atoms with Gasteiger partial charge in [0.1, 0.15) is 5.76 Å². The number of oxazole rings is 1. The fraction of sp³-hybridized carbons (Fsp3) is 0.273. The highest BCUT2D eigenvalue weighted by Gasteiger charge is 2.16. The smallest absolute Gasteiger partial charge is 0.258 e. The van der Waals surface area contributed by atoms with E-state index < -0.39 is 10.0 Å². The van der Waals surface area contributed by atoms with Crippen LogP contribution in [0.25, 0.3) is 0 Å². The van der Waals surface area contributed by atoms with Crippen molar-refractivity contribution >= 4 is 10.0 Å². The van der Waals surface area contributed by atoms with Gasteiger partial charge in [0.25, 0.3) is 10.0 Å². The lowest BCUT2D eigenvalue weighted by molar-refractivity contribution is 0.281. The van der Waals surface area contributed by atoms with Gasteiger partial charge in [-0.15, -0.1) is 0 Å². The van der Waals surface area contributed by atoms with Crippen molar-refractivity contribution in [1.29, 1.82) is 0 Å². The first kappa shape index (κ1) is 13.7. The van der Waals surface area contributed by atoms with E-state index in [1.54, 1.807) is 6.92 Å². The molecular formula is C11H13N3O4S. The van der Waals surface area contributed by atoms with Crippen molar-refractivity contribution in [3.05, 3.63) is 41.7 Å². The molecule has 0 bridgehead atoms. The molecule has 0 aromatic carbocycles. The third kappa shape index (κ3) is 3.37. The Kier molecular flexibility index (Phi) is 3.93. The molecule has 102 valence electrons. The van der Waals surface area contributed by atoms with Crippen molar-refractivity contribution in [2.75, 3.05) is 0 Å². The predicted molar refractivity (Wildman–Crippen MR) is 65.4 cm³/mol. The number of pyridine rings is 1. The second-order valence-electron chi connectivity index (χ2n) is 3.85. The number of nitrogens with zero attached hydrogens (tertiary/aromatic N) is 2. The van der Waals surface area contributed by atoms with E-state index in [2.05, 4.69) is 14.7 Å². The quantitative estimate of drug-likeness (QED) is 0.820. The number of aromatic nitrogens is 2. The molecule has 0 aliphatic heterocycles. The summed E-state index contributed by atoms with van der Waals surface area (Å²) in [6.07, 6.45) is 2.82. The summed E-state index contributed by atoms with van der Waals surface area (Å²) in [5.74, 6) is 0.896. The van der Waals surface area contributed by atoms with Crippen LogP contribution in [-0.2, 0) is 23.2 Å². The van der Waals surface area contributed by atoms with Gasteiger partial charge >= 0.3 is 0 Å². The van der Waals surface area contributed by atoms with Crippen molar-refractivity contribution in [1.82, 2.24) is 14.7 Å². The highest BCUT2D eigenvalue weighted by atomic mass is 32.2. The number of aryl methyl sites for hydroxylation is 1. The van der Waals surface area contributed by atoms with E-state index in [1.807, 2.05) is 0 Å². The van der Waals surface area contributed by atoms with Crippen LogP contribution < -0.4 is 4.72 Å². The first-order valence-electron chi connectivity index (χ1n) is 5.48. The van der Waals surface area contributed by atoms with Gasteiger partial charge in [-0.05, 0) is 18.6 Å². The zero-order valence-electron chi connectivity index (χ0n) is 10.2. The summed E-state index contributed by atoms with van der Waals surface area (Å²) in [5, 5.41) is 8.74. The molecule has 0 saturated heterocycles. The maximum absolute atomic E-state index is 11.9. The van der Waals surface area contributed by atoms with Crippen LogP contribution in [0.1, 0.15) is 17.2 Å². The van der Waals surface area contributed by atoms with Gasteiger partial charge in [0, 0.05) is 6.20 Å². The van der Waals surface area contributed by atoms with Crippen LogP contribution in [0.5, 0.6) is 0 Å². The van der Waals surface area contributed by atoms with Crippen LogP contribution in [0.4, 0.5) is 0 Å². The van der Waals surface area contributed by atoms with Crippen LogP contribution >= 0.6 is 0 Å². The third-order valence-corrected chi connectivity index (χ3v) is 3.65. The number of rotatable bonds is 5. The number of hydrogen-bond donors (Lipinski definition) is 2. The molecule has 0 fully saturated rings. The van der Waals surface area contributed by atoms with Gasteiger partial charge in [-0.1, -0.05) is 6.07 Å². The minimum absolute atomic E-state index is 0.0421. The van der Waals surface area contributed by atoms with Crippen molar-refractivity contribution in [2.24, 2.45) is 0 Å². The summed E-state index contributed by atoms with van der Waals surface area (Å²) in [6, 6.07) is 2.82.